The molecule has 2 aromatic carbocycles. The Hall–Kier alpha value is -2.27. The van der Waals surface area contributed by atoms with Gasteiger partial charge in [-0.3, -0.25) is 10.1 Å². The van der Waals surface area contributed by atoms with Gasteiger partial charge in [0.1, 0.15) is 5.75 Å². The van der Waals surface area contributed by atoms with Crippen LogP contribution in [0.5, 0.6) is 5.75 Å². The van der Waals surface area contributed by atoms with Crippen LogP contribution in [0.3, 0.4) is 0 Å². The number of halogens is 1. The number of nitrogens with zero attached hydrogens (tertiary/aromatic N) is 1. The molecule has 110 valence electrons. The molecular weight excluding hydrogens is 292 g/mol. The number of benzene rings is 2. The minimum Gasteiger partial charge on any atom is -0.496 e. The lowest BCUT2D eigenvalue weighted by Gasteiger charge is -2.13. The molecule has 1 N–H and O–H groups in total. The Morgan fingerprint density at radius 1 is 1.29 bits per heavy atom. The van der Waals surface area contributed by atoms with Crippen LogP contribution in [0.25, 0.3) is 0 Å². The molecular formula is C15H15ClN2O3. The van der Waals surface area contributed by atoms with Crippen LogP contribution >= 0.6 is 11.6 Å². The second-order valence-corrected chi connectivity index (χ2v) is 4.89. The molecule has 0 bridgehead atoms. The van der Waals surface area contributed by atoms with Crippen molar-refractivity contribution in [2.45, 2.75) is 13.5 Å². The highest BCUT2D eigenvalue weighted by atomic mass is 35.5. The highest BCUT2D eigenvalue weighted by Gasteiger charge is 2.14. The molecule has 2 rings (SSSR count). The number of rotatable bonds is 5. The van der Waals surface area contributed by atoms with E-state index in [-0.39, 0.29) is 5.69 Å². The highest BCUT2D eigenvalue weighted by molar-refractivity contribution is 6.31. The number of anilines is 1. The van der Waals surface area contributed by atoms with E-state index in [1.165, 1.54) is 6.07 Å². The molecule has 2 aromatic rings. The average molecular weight is 307 g/mol. The summed E-state index contributed by atoms with van der Waals surface area (Å²) in [4.78, 5) is 10.5. The van der Waals surface area contributed by atoms with Crippen LogP contribution in [0.2, 0.25) is 5.02 Å². The second-order valence-electron chi connectivity index (χ2n) is 4.48. The minimum absolute atomic E-state index is 0.0890. The second kappa shape index (κ2) is 6.45. The fraction of sp³-hybridized carbons (Fsp3) is 0.200. The Morgan fingerprint density at radius 3 is 2.67 bits per heavy atom. The van der Waals surface area contributed by atoms with Crippen LogP contribution in [0.15, 0.2) is 36.4 Å². The third kappa shape index (κ3) is 3.25. The van der Waals surface area contributed by atoms with Crippen molar-refractivity contribution in [1.82, 2.24) is 0 Å². The number of ether oxygens (including phenoxy) is 1. The summed E-state index contributed by atoms with van der Waals surface area (Å²) in [5, 5.41) is 14.7. The summed E-state index contributed by atoms with van der Waals surface area (Å²) in [5.41, 5.74) is 2.19. The third-order valence-corrected chi connectivity index (χ3v) is 3.61. The van der Waals surface area contributed by atoms with E-state index in [1.54, 1.807) is 32.2 Å². The summed E-state index contributed by atoms with van der Waals surface area (Å²) >= 11 is 6.17. The van der Waals surface area contributed by atoms with Crippen molar-refractivity contribution in [3.8, 4) is 5.75 Å². The van der Waals surface area contributed by atoms with Gasteiger partial charge in [0.25, 0.3) is 5.69 Å². The maximum atomic E-state index is 10.9. The van der Waals surface area contributed by atoms with Gasteiger partial charge in [0.05, 0.1) is 12.0 Å². The largest absolute Gasteiger partial charge is 0.496 e. The van der Waals surface area contributed by atoms with E-state index in [0.717, 1.165) is 5.56 Å². The average Bonchev–Trinajstić information content (AvgIpc) is 2.46. The van der Waals surface area contributed by atoms with E-state index >= 15 is 0 Å². The number of hydrogen-bond donors (Lipinski definition) is 1. The minimum atomic E-state index is -0.392. The van der Waals surface area contributed by atoms with Gasteiger partial charge in [0.15, 0.2) is 0 Å². The lowest BCUT2D eigenvalue weighted by Crippen LogP contribution is -2.05. The molecule has 0 atom stereocenters. The molecule has 0 aromatic heterocycles. The quantitative estimate of drug-likeness (QED) is 0.665. The van der Waals surface area contributed by atoms with Crippen LogP contribution in [-0.4, -0.2) is 12.0 Å². The van der Waals surface area contributed by atoms with Crippen molar-refractivity contribution in [3.05, 3.63) is 62.7 Å². The molecule has 0 amide bonds. The molecule has 0 spiro atoms. The van der Waals surface area contributed by atoms with E-state index < -0.39 is 4.92 Å². The van der Waals surface area contributed by atoms with Crippen LogP contribution in [0, 0.1) is 17.0 Å². The van der Waals surface area contributed by atoms with Crippen LogP contribution in [0.4, 0.5) is 11.4 Å². The summed E-state index contributed by atoms with van der Waals surface area (Å²) in [5.74, 6) is 0.679. The van der Waals surface area contributed by atoms with Crippen molar-refractivity contribution in [1.29, 1.82) is 0 Å². The summed E-state index contributed by atoms with van der Waals surface area (Å²) in [7, 11) is 1.58. The van der Waals surface area contributed by atoms with E-state index in [9.17, 15) is 10.1 Å². The van der Waals surface area contributed by atoms with E-state index in [1.807, 2.05) is 12.1 Å². The summed E-state index contributed by atoms with van der Waals surface area (Å²) < 4.78 is 5.27. The van der Waals surface area contributed by atoms with E-state index in [0.29, 0.717) is 28.6 Å². The van der Waals surface area contributed by atoms with Crippen molar-refractivity contribution in [3.63, 3.8) is 0 Å². The van der Waals surface area contributed by atoms with Crippen LogP contribution < -0.4 is 10.1 Å². The SMILES string of the molecule is COc1cccc(Cl)c1CNc1cccc([N+](=O)[O-])c1C. The van der Waals surface area contributed by atoms with Gasteiger partial charge in [0, 0.05) is 34.4 Å². The summed E-state index contributed by atoms with van der Waals surface area (Å²) in [6.45, 7) is 2.13. The first-order valence-electron chi connectivity index (χ1n) is 6.34. The predicted molar refractivity (Wildman–Crippen MR) is 83.2 cm³/mol. The van der Waals surface area contributed by atoms with Gasteiger partial charge in [-0.05, 0) is 25.1 Å². The zero-order valence-electron chi connectivity index (χ0n) is 11.7. The maximum absolute atomic E-state index is 10.9. The number of nitro benzene ring substituents is 1. The molecule has 21 heavy (non-hydrogen) atoms. The fourth-order valence-corrected chi connectivity index (χ4v) is 2.33. The van der Waals surface area contributed by atoms with Gasteiger partial charge in [-0.25, -0.2) is 0 Å². The van der Waals surface area contributed by atoms with Crippen LogP contribution in [-0.2, 0) is 6.54 Å². The standard InChI is InChI=1S/C15H15ClN2O3/c1-10-13(6-4-7-14(10)18(19)20)17-9-11-12(16)5-3-8-15(11)21-2/h3-8,17H,9H2,1-2H3. The zero-order valence-corrected chi connectivity index (χ0v) is 12.5. The topological polar surface area (TPSA) is 64.4 Å². The van der Waals surface area contributed by atoms with Crippen molar-refractivity contribution < 1.29 is 9.66 Å². The molecule has 0 saturated heterocycles. The van der Waals surface area contributed by atoms with Crippen molar-refractivity contribution >= 4 is 23.0 Å². The summed E-state index contributed by atoms with van der Waals surface area (Å²) in [6, 6.07) is 10.3. The lowest BCUT2D eigenvalue weighted by atomic mass is 10.1. The Labute approximate surface area is 127 Å². The monoisotopic (exact) mass is 306 g/mol. The molecule has 0 aliphatic carbocycles. The Bertz CT molecular complexity index is 674. The van der Waals surface area contributed by atoms with Gasteiger partial charge in [0.2, 0.25) is 0 Å². The van der Waals surface area contributed by atoms with Crippen molar-refractivity contribution in [2.24, 2.45) is 0 Å². The molecule has 0 aliphatic heterocycles. The number of nitro groups is 1. The molecule has 6 heteroatoms. The molecule has 0 fully saturated rings. The number of hydrogen-bond acceptors (Lipinski definition) is 4. The van der Waals surface area contributed by atoms with Gasteiger partial charge >= 0.3 is 0 Å². The van der Waals surface area contributed by atoms with Gasteiger partial charge in [-0.1, -0.05) is 23.7 Å². The maximum Gasteiger partial charge on any atom is 0.274 e. The Kier molecular flexibility index (Phi) is 4.65. The van der Waals surface area contributed by atoms with Crippen LogP contribution in [0.1, 0.15) is 11.1 Å². The first-order chi connectivity index (χ1) is 10.0. The first-order valence-corrected chi connectivity index (χ1v) is 6.71. The Morgan fingerprint density at radius 2 is 2.00 bits per heavy atom. The van der Waals surface area contributed by atoms with Crippen molar-refractivity contribution in [2.75, 3.05) is 12.4 Å². The molecule has 0 unspecified atom stereocenters. The molecule has 0 radical (unpaired) electrons. The van der Waals surface area contributed by atoms with Gasteiger partial charge < -0.3 is 10.1 Å². The van der Waals surface area contributed by atoms with E-state index in [2.05, 4.69) is 5.32 Å². The Balaban J connectivity index is 2.25. The van der Waals surface area contributed by atoms with Gasteiger partial charge in [-0.15, -0.1) is 0 Å². The fourth-order valence-electron chi connectivity index (χ4n) is 2.10. The highest BCUT2D eigenvalue weighted by Crippen LogP contribution is 2.29. The summed E-state index contributed by atoms with van der Waals surface area (Å²) in [6.07, 6.45) is 0. The third-order valence-electron chi connectivity index (χ3n) is 3.25. The molecule has 0 aliphatic rings. The normalized spacial score (nSPS) is 10.2. The first kappa shape index (κ1) is 15.1. The molecule has 5 nitrogen and oxygen atoms in total. The van der Waals surface area contributed by atoms with E-state index in [4.69, 9.17) is 16.3 Å². The molecule has 0 saturated carbocycles. The number of methoxy groups -OCH3 is 1. The smallest absolute Gasteiger partial charge is 0.274 e. The zero-order chi connectivity index (χ0) is 15.4. The van der Waals surface area contributed by atoms with Gasteiger partial charge in [-0.2, -0.15) is 0 Å². The predicted octanol–water partition coefficient (Wildman–Crippen LogP) is 4.18. The number of nitrogens with one attached hydrogen (secondary N) is 1. The molecule has 0 heterocycles. The lowest BCUT2D eigenvalue weighted by molar-refractivity contribution is -0.385.